The van der Waals surface area contributed by atoms with E-state index in [0.29, 0.717) is 11.6 Å². The smallest absolute Gasteiger partial charge is 0.0991 e. The van der Waals surface area contributed by atoms with Crippen LogP contribution in [-0.2, 0) is 0 Å². The largest absolute Gasteiger partial charge is 0.387 e. The molecule has 0 unspecified atom stereocenters. The first-order valence-electron chi connectivity index (χ1n) is 5.84. The minimum atomic E-state index is 0.568. The zero-order chi connectivity index (χ0) is 12.4. The van der Waals surface area contributed by atoms with E-state index in [1.807, 2.05) is 26.1 Å². The van der Waals surface area contributed by atoms with Crippen LogP contribution in [0.3, 0.4) is 0 Å². The van der Waals surface area contributed by atoms with Crippen LogP contribution in [0.2, 0.25) is 0 Å². The van der Waals surface area contributed by atoms with Crippen molar-refractivity contribution in [3.8, 4) is 6.07 Å². The lowest BCUT2D eigenvalue weighted by Gasteiger charge is -2.16. The van der Waals surface area contributed by atoms with Crippen LogP contribution in [0.4, 0.5) is 5.69 Å². The van der Waals surface area contributed by atoms with Gasteiger partial charge in [-0.1, -0.05) is 6.58 Å². The quantitative estimate of drug-likeness (QED) is 0.831. The van der Waals surface area contributed by atoms with Gasteiger partial charge in [-0.3, -0.25) is 0 Å². The van der Waals surface area contributed by atoms with E-state index in [0.717, 1.165) is 22.5 Å². The van der Waals surface area contributed by atoms with Gasteiger partial charge in [-0.05, 0) is 37.5 Å². The molecule has 1 saturated carbocycles. The van der Waals surface area contributed by atoms with Gasteiger partial charge >= 0.3 is 0 Å². The summed E-state index contributed by atoms with van der Waals surface area (Å²) in [6.45, 7) is 6.07. The normalized spacial score (nSPS) is 13.9. The summed E-state index contributed by atoms with van der Waals surface area (Å²) in [7, 11) is 1.89. The average molecular weight is 227 g/mol. The number of nitriles is 1. The van der Waals surface area contributed by atoms with E-state index in [9.17, 15) is 0 Å². The SMILES string of the molecule is C=C(NC1CC1)c1cc(C#N)cc(C)c1NC. The maximum absolute atomic E-state index is 9.01. The van der Waals surface area contributed by atoms with Gasteiger partial charge < -0.3 is 10.6 Å². The molecule has 0 atom stereocenters. The summed E-state index contributed by atoms with van der Waals surface area (Å²) >= 11 is 0. The first-order valence-corrected chi connectivity index (χ1v) is 5.84. The zero-order valence-electron chi connectivity index (χ0n) is 10.3. The third-order valence-electron chi connectivity index (χ3n) is 3.00. The van der Waals surface area contributed by atoms with E-state index in [1.54, 1.807) is 0 Å². The van der Waals surface area contributed by atoms with Crippen molar-refractivity contribution < 1.29 is 0 Å². The second-order valence-corrected chi connectivity index (χ2v) is 4.47. The lowest BCUT2D eigenvalue weighted by Crippen LogP contribution is -2.15. The molecule has 3 heteroatoms. The molecule has 88 valence electrons. The van der Waals surface area contributed by atoms with Crippen LogP contribution in [0.15, 0.2) is 18.7 Å². The van der Waals surface area contributed by atoms with Gasteiger partial charge in [0, 0.05) is 30.0 Å². The number of anilines is 1. The van der Waals surface area contributed by atoms with Crippen LogP contribution in [0.25, 0.3) is 5.70 Å². The summed E-state index contributed by atoms with van der Waals surface area (Å²) in [6.07, 6.45) is 2.43. The molecule has 1 aliphatic carbocycles. The number of rotatable bonds is 4. The molecule has 0 spiro atoms. The Hall–Kier alpha value is -1.95. The van der Waals surface area contributed by atoms with Gasteiger partial charge in [0.25, 0.3) is 0 Å². The van der Waals surface area contributed by atoms with Crippen LogP contribution >= 0.6 is 0 Å². The highest BCUT2D eigenvalue weighted by atomic mass is 15.0. The molecule has 3 nitrogen and oxygen atoms in total. The number of hydrogen-bond acceptors (Lipinski definition) is 3. The van der Waals surface area contributed by atoms with Gasteiger partial charge in [-0.15, -0.1) is 0 Å². The van der Waals surface area contributed by atoms with E-state index in [4.69, 9.17) is 5.26 Å². The van der Waals surface area contributed by atoms with Crippen LogP contribution < -0.4 is 10.6 Å². The highest BCUT2D eigenvalue weighted by molar-refractivity contribution is 5.77. The molecule has 1 aromatic carbocycles. The fourth-order valence-electron chi connectivity index (χ4n) is 1.97. The van der Waals surface area contributed by atoms with Gasteiger partial charge in [-0.2, -0.15) is 5.26 Å². The molecule has 1 aromatic rings. The maximum Gasteiger partial charge on any atom is 0.0991 e. The van der Waals surface area contributed by atoms with E-state index in [-0.39, 0.29) is 0 Å². The Morgan fingerprint density at radius 1 is 1.47 bits per heavy atom. The fourth-order valence-corrected chi connectivity index (χ4v) is 1.97. The minimum Gasteiger partial charge on any atom is -0.387 e. The highest BCUT2D eigenvalue weighted by Crippen LogP contribution is 2.29. The van der Waals surface area contributed by atoms with Crippen molar-refractivity contribution in [2.45, 2.75) is 25.8 Å². The van der Waals surface area contributed by atoms with Crippen molar-refractivity contribution in [1.29, 1.82) is 5.26 Å². The second kappa shape index (κ2) is 4.50. The van der Waals surface area contributed by atoms with Crippen molar-refractivity contribution in [2.75, 3.05) is 12.4 Å². The predicted molar refractivity (Wildman–Crippen MR) is 70.6 cm³/mol. The summed E-state index contributed by atoms with van der Waals surface area (Å²) in [6, 6.07) is 6.53. The van der Waals surface area contributed by atoms with Gasteiger partial charge in [0.1, 0.15) is 0 Å². The number of aryl methyl sites for hydroxylation is 1. The number of nitrogens with zero attached hydrogens (tertiary/aromatic N) is 1. The van der Waals surface area contributed by atoms with Crippen molar-refractivity contribution in [1.82, 2.24) is 5.32 Å². The summed E-state index contributed by atoms with van der Waals surface area (Å²) in [4.78, 5) is 0. The minimum absolute atomic E-state index is 0.568. The summed E-state index contributed by atoms with van der Waals surface area (Å²) in [5, 5.41) is 15.6. The van der Waals surface area contributed by atoms with Crippen molar-refractivity contribution >= 4 is 11.4 Å². The fraction of sp³-hybridized carbons (Fsp3) is 0.357. The number of nitrogens with one attached hydrogen (secondary N) is 2. The molecule has 1 aliphatic rings. The Morgan fingerprint density at radius 2 is 2.18 bits per heavy atom. The van der Waals surface area contributed by atoms with Crippen molar-refractivity contribution in [3.05, 3.63) is 35.4 Å². The molecule has 0 aromatic heterocycles. The van der Waals surface area contributed by atoms with Crippen molar-refractivity contribution in [3.63, 3.8) is 0 Å². The first-order chi connectivity index (χ1) is 8.15. The van der Waals surface area contributed by atoms with Crippen LogP contribution in [-0.4, -0.2) is 13.1 Å². The molecule has 0 heterocycles. The summed E-state index contributed by atoms with van der Waals surface area (Å²) in [5.41, 5.74) is 4.69. The molecule has 0 radical (unpaired) electrons. The van der Waals surface area contributed by atoms with E-state index in [2.05, 4.69) is 23.3 Å². The third kappa shape index (κ3) is 2.42. The molecule has 0 amide bonds. The van der Waals surface area contributed by atoms with Gasteiger partial charge in [0.05, 0.1) is 11.6 Å². The number of hydrogen-bond donors (Lipinski definition) is 2. The second-order valence-electron chi connectivity index (χ2n) is 4.47. The standard InChI is InChI=1S/C14H17N3/c1-9-6-11(8-15)7-13(14(9)16-3)10(2)17-12-4-5-12/h6-7,12,16-17H,2,4-5H2,1,3H3. The molecule has 17 heavy (non-hydrogen) atoms. The van der Waals surface area contributed by atoms with Gasteiger partial charge in [-0.25, -0.2) is 0 Å². The van der Waals surface area contributed by atoms with Gasteiger partial charge in [0.2, 0.25) is 0 Å². The Kier molecular flexibility index (Phi) is 3.06. The Morgan fingerprint density at radius 3 is 2.71 bits per heavy atom. The van der Waals surface area contributed by atoms with Gasteiger partial charge in [0.15, 0.2) is 0 Å². The molecule has 1 fully saturated rings. The maximum atomic E-state index is 9.01. The van der Waals surface area contributed by atoms with E-state index in [1.165, 1.54) is 12.8 Å². The zero-order valence-corrected chi connectivity index (χ0v) is 10.3. The molecule has 0 bridgehead atoms. The molecule has 2 rings (SSSR count). The van der Waals surface area contributed by atoms with Crippen LogP contribution in [0.1, 0.15) is 29.5 Å². The summed E-state index contributed by atoms with van der Waals surface area (Å²) < 4.78 is 0. The lowest BCUT2D eigenvalue weighted by atomic mass is 10.0. The molecule has 2 N–H and O–H groups in total. The van der Waals surface area contributed by atoms with Crippen molar-refractivity contribution in [2.24, 2.45) is 0 Å². The Bertz CT molecular complexity index is 493. The Balaban J connectivity index is 2.38. The van der Waals surface area contributed by atoms with E-state index >= 15 is 0 Å². The molecule has 0 saturated heterocycles. The molecular weight excluding hydrogens is 210 g/mol. The number of benzene rings is 1. The van der Waals surface area contributed by atoms with E-state index < -0.39 is 0 Å². The molecular formula is C14H17N3. The first kappa shape index (κ1) is 11.5. The molecule has 0 aliphatic heterocycles. The predicted octanol–water partition coefficient (Wildman–Crippen LogP) is 2.63. The highest BCUT2D eigenvalue weighted by Gasteiger charge is 2.22. The topological polar surface area (TPSA) is 47.9 Å². The monoisotopic (exact) mass is 227 g/mol. The van der Waals surface area contributed by atoms with Crippen LogP contribution in [0, 0.1) is 18.3 Å². The third-order valence-corrected chi connectivity index (χ3v) is 3.00. The summed E-state index contributed by atoms with van der Waals surface area (Å²) in [5.74, 6) is 0. The lowest BCUT2D eigenvalue weighted by molar-refractivity contribution is 0.885. The Labute approximate surface area is 102 Å². The van der Waals surface area contributed by atoms with Crippen LogP contribution in [0.5, 0.6) is 0 Å². The average Bonchev–Trinajstić information content (AvgIpc) is 3.11.